The third kappa shape index (κ3) is 4.75. The van der Waals surface area contributed by atoms with Crippen LogP contribution in [0.25, 0.3) is 0 Å². The zero-order valence-corrected chi connectivity index (χ0v) is 10.7. The van der Waals surface area contributed by atoms with E-state index in [2.05, 4.69) is 10.1 Å². The van der Waals surface area contributed by atoms with Crippen molar-refractivity contribution in [3.63, 3.8) is 0 Å². The van der Waals surface area contributed by atoms with Crippen molar-refractivity contribution in [3.8, 4) is 0 Å². The quantitative estimate of drug-likeness (QED) is 0.625. The van der Waals surface area contributed by atoms with Gasteiger partial charge in [0.1, 0.15) is 11.9 Å². The molecule has 1 N–H and O–H groups in total. The lowest BCUT2D eigenvalue weighted by Crippen LogP contribution is -2.35. The minimum absolute atomic E-state index is 0.239. The van der Waals surface area contributed by atoms with Crippen molar-refractivity contribution in [1.29, 1.82) is 0 Å². The Morgan fingerprint density at radius 2 is 2.12 bits per heavy atom. The third-order valence-corrected chi connectivity index (χ3v) is 3.37. The third-order valence-electron chi connectivity index (χ3n) is 2.32. The van der Waals surface area contributed by atoms with Gasteiger partial charge in [-0.2, -0.15) is 0 Å². The SMILES string of the molecule is CNC(CCSc1ccc(F)cc1)C(=O)OC. The Kier molecular flexibility index (Phi) is 6.00. The highest BCUT2D eigenvalue weighted by molar-refractivity contribution is 7.99. The zero-order valence-electron chi connectivity index (χ0n) is 9.90. The largest absolute Gasteiger partial charge is 0.468 e. The number of carbonyl (C=O) groups is 1. The molecule has 0 aliphatic heterocycles. The van der Waals surface area contributed by atoms with E-state index >= 15 is 0 Å². The first-order chi connectivity index (χ1) is 8.17. The van der Waals surface area contributed by atoms with Crippen molar-refractivity contribution >= 4 is 17.7 Å². The van der Waals surface area contributed by atoms with Gasteiger partial charge in [0, 0.05) is 10.6 Å². The van der Waals surface area contributed by atoms with E-state index in [9.17, 15) is 9.18 Å². The van der Waals surface area contributed by atoms with Crippen LogP contribution in [0.3, 0.4) is 0 Å². The molecule has 0 heterocycles. The van der Waals surface area contributed by atoms with Crippen LogP contribution in [-0.2, 0) is 9.53 Å². The molecule has 94 valence electrons. The van der Waals surface area contributed by atoms with Gasteiger partial charge in [-0.25, -0.2) is 4.39 Å². The van der Waals surface area contributed by atoms with Gasteiger partial charge in [-0.3, -0.25) is 4.79 Å². The molecule has 0 saturated carbocycles. The molecule has 0 fully saturated rings. The predicted molar refractivity (Wildman–Crippen MR) is 66.6 cm³/mol. The maximum absolute atomic E-state index is 12.7. The number of hydrogen-bond donors (Lipinski definition) is 1. The van der Waals surface area contributed by atoms with Gasteiger partial charge in [-0.05, 0) is 37.7 Å². The molecule has 1 atom stereocenters. The molecule has 17 heavy (non-hydrogen) atoms. The second-order valence-electron chi connectivity index (χ2n) is 3.46. The number of thioether (sulfide) groups is 1. The van der Waals surface area contributed by atoms with Crippen LogP contribution >= 0.6 is 11.8 Å². The molecular weight excluding hydrogens is 241 g/mol. The normalized spacial score (nSPS) is 12.2. The number of benzene rings is 1. The number of rotatable bonds is 6. The van der Waals surface area contributed by atoms with Gasteiger partial charge in [0.15, 0.2) is 0 Å². The molecule has 0 spiro atoms. The van der Waals surface area contributed by atoms with Gasteiger partial charge < -0.3 is 10.1 Å². The highest BCUT2D eigenvalue weighted by atomic mass is 32.2. The van der Waals surface area contributed by atoms with E-state index in [0.717, 1.165) is 10.6 Å². The van der Waals surface area contributed by atoms with Crippen molar-refractivity contribution in [1.82, 2.24) is 5.32 Å². The van der Waals surface area contributed by atoms with Crippen LogP contribution in [-0.4, -0.2) is 31.9 Å². The van der Waals surface area contributed by atoms with Crippen molar-refractivity contribution in [2.75, 3.05) is 19.9 Å². The smallest absolute Gasteiger partial charge is 0.322 e. The summed E-state index contributed by atoms with van der Waals surface area (Å²) >= 11 is 1.59. The highest BCUT2D eigenvalue weighted by Gasteiger charge is 2.15. The lowest BCUT2D eigenvalue weighted by molar-refractivity contribution is -0.143. The fraction of sp³-hybridized carbons (Fsp3) is 0.417. The average molecular weight is 257 g/mol. The average Bonchev–Trinajstić information content (AvgIpc) is 2.36. The minimum Gasteiger partial charge on any atom is -0.468 e. The summed E-state index contributed by atoms with van der Waals surface area (Å²) in [5.41, 5.74) is 0. The van der Waals surface area contributed by atoms with Gasteiger partial charge in [-0.1, -0.05) is 0 Å². The van der Waals surface area contributed by atoms with Crippen LogP contribution in [0.4, 0.5) is 4.39 Å². The molecule has 0 saturated heterocycles. The van der Waals surface area contributed by atoms with Gasteiger partial charge in [0.05, 0.1) is 7.11 Å². The van der Waals surface area contributed by atoms with Crippen molar-refractivity contribution in [2.45, 2.75) is 17.4 Å². The molecule has 5 heteroatoms. The Hall–Kier alpha value is -1.07. The van der Waals surface area contributed by atoms with Gasteiger partial charge in [-0.15, -0.1) is 11.8 Å². The van der Waals surface area contributed by atoms with Crippen molar-refractivity contribution < 1.29 is 13.9 Å². The first kappa shape index (κ1) is 14.0. The fourth-order valence-electron chi connectivity index (χ4n) is 1.35. The van der Waals surface area contributed by atoms with E-state index in [1.807, 2.05) is 0 Å². The summed E-state index contributed by atoms with van der Waals surface area (Å²) in [7, 11) is 3.10. The first-order valence-corrected chi connectivity index (χ1v) is 6.29. The minimum atomic E-state index is -0.284. The molecule has 0 amide bonds. The number of halogens is 1. The van der Waals surface area contributed by atoms with Crippen LogP contribution in [0, 0.1) is 5.82 Å². The molecule has 0 aliphatic rings. The summed E-state index contributed by atoms with van der Waals surface area (Å²) in [6, 6.07) is 6.03. The first-order valence-electron chi connectivity index (χ1n) is 5.31. The van der Waals surface area contributed by atoms with Crippen LogP contribution < -0.4 is 5.32 Å². The Bertz CT molecular complexity index is 356. The number of carbonyl (C=O) groups excluding carboxylic acids is 1. The summed E-state index contributed by atoms with van der Waals surface area (Å²) < 4.78 is 17.3. The number of nitrogens with one attached hydrogen (secondary N) is 1. The monoisotopic (exact) mass is 257 g/mol. The highest BCUT2D eigenvalue weighted by Crippen LogP contribution is 2.19. The van der Waals surface area contributed by atoms with E-state index in [0.29, 0.717) is 6.42 Å². The molecule has 0 aliphatic carbocycles. The molecule has 1 aromatic carbocycles. The van der Waals surface area contributed by atoms with E-state index in [4.69, 9.17) is 0 Å². The van der Waals surface area contributed by atoms with Crippen LogP contribution in [0.15, 0.2) is 29.2 Å². The predicted octanol–water partition coefficient (Wildman–Crippen LogP) is 2.07. The summed E-state index contributed by atoms with van der Waals surface area (Å²) in [5.74, 6) is 0.274. The lowest BCUT2D eigenvalue weighted by atomic mass is 10.2. The number of hydrogen-bond acceptors (Lipinski definition) is 4. The fourth-order valence-corrected chi connectivity index (χ4v) is 2.27. The van der Waals surface area contributed by atoms with Gasteiger partial charge in [0.25, 0.3) is 0 Å². The zero-order chi connectivity index (χ0) is 12.7. The Morgan fingerprint density at radius 3 is 2.65 bits per heavy atom. The van der Waals surface area contributed by atoms with Crippen LogP contribution in [0.2, 0.25) is 0 Å². The second-order valence-corrected chi connectivity index (χ2v) is 4.62. The van der Waals surface area contributed by atoms with E-state index in [1.165, 1.54) is 19.2 Å². The summed E-state index contributed by atoms with van der Waals surface area (Å²) in [6.45, 7) is 0. The molecule has 1 aromatic rings. The molecular formula is C12H16FNO2S. The Labute approximate surface area is 105 Å². The van der Waals surface area contributed by atoms with Crippen molar-refractivity contribution in [3.05, 3.63) is 30.1 Å². The van der Waals surface area contributed by atoms with E-state index in [-0.39, 0.29) is 17.8 Å². The number of esters is 1. The maximum atomic E-state index is 12.7. The Balaban J connectivity index is 2.36. The molecule has 1 unspecified atom stereocenters. The standard InChI is InChI=1S/C12H16FNO2S/c1-14-11(12(15)16-2)7-8-17-10-5-3-9(13)4-6-10/h3-6,11,14H,7-8H2,1-2H3. The lowest BCUT2D eigenvalue weighted by Gasteiger charge is -2.12. The molecule has 3 nitrogen and oxygen atoms in total. The van der Waals surface area contributed by atoms with Gasteiger partial charge >= 0.3 is 5.97 Å². The Morgan fingerprint density at radius 1 is 1.47 bits per heavy atom. The summed E-state index contributed by atoms with van der Waals surface area (Å²) in [5, 5.41) is 2.90. The molecule has 0 bridgehead atoms. The maximum Gasteiger partial charge on any atom is 0.322 e. The topological polar surface area (TPSA) is 38.3 Å². The van der Waals surface area contributed by atoms with E-state index in [1.54, 1.807) is 30.9 Å². The summed E-state index contributed by atoms with van der Waals surface area (Å²) in [4.78, 5) is 12.3. The van der Waals surface area contributed by atoms with Crippen molar-refractivity contribution in [2.24, 2.45) is 0 Å². The number of ether oxygens (including phenoxy) is 1. The second kappa shape index (κ2) is 7.29. The van der Waals surface area contributed by atoms with E-state index < -0.39 is 0 Å². The number of methoxy groups -OCH3 is 1. The van der Waals surface area contributed by atoms with Crippen LogP contribution in [0.1, 0.15) is 6.42 Å². The molecule has 0 radical (unpaired) electrons. The summed E-state index contributed by atoms with van der Waals surface area (Å²) in [6.07, 6.45) is 0.672. The molecule has 1 rings (SSSR count). The van der Waals surface area contributed by atoms with Gasteiger partial charge in [0.2, 0.25) is 0 Å². The van der Waals surface area contributed by atoms with Crippen LogP contribution in [0.5, 0.6) is 0 Å². The molecule has 0 aromatic heterocycles. The number of likely N-dealkylation sites (N-methyl/N-ethyl adjacent to an activating group) is 1.